The normalized spacial score (nSPS) is 14.6. The Labute approximate surface area is 270 Å². The second-order valence-corrected chi connectivity index (χ2v) is 12.4. The van der Waals surface area contributed by atoms with Crippen LogP contribution in [0.4, 0.5) is 0 Å². The first-order valence-electron chi connectivity index (χ1n) is 16.5. The maximum Gasteiger partial charge on any atom is 0.472 e. The van der Waals surface area contributed by atoms with Crippen molar-refractivity contribution in [3.05, 3.63) is 36.5 Å². The Kier molecular flexibility index (Phi) is 27.6. The van der Waals surface area contributed by atoms with Crippen molar-refractivity contribution >= 4 is 25.7 Å². The smallest absolute Gasteiger partial charge is 0.472 e. The molecule has 0 bridgehead atoms. The summed E-state index contributed by atoms with van der Waals surface area (Å²) < 4.78 is 32.2. The molecule has 0 aliphatic carbocycles. The van der Waals surface area contributed by atoms with Crippen molar-refractivity contribution < 1.29 is 47.5 Å². The first kappa shape index (κ1) is 42.7. The molecule has 0 rings (SSSR count). The van der Waals surface area contributed by atoms with Gasteiger partial charge in [-0.05, 0) is 44.9 Å². The quantitative estimate of drug-likeness (QED) is 0.0305. The Morgan fingerprint density at radius 3 is 1.80 bits per heavy atom. The van der Waals surface area contributed by atoms with Crippen LogP contribution in [0, 0.1) is 0 Å². The second-order valence-electron chi connectivity index (χ2n) is 10.9. The summed E-state index contributed by atoms with van der Waals surface area (Å²) in [4.78, 5) is 45.3. The lowest BCUT2D eigenvalue weighted by Gasteiger charge is -2.20. The Bertz CT molecular complexity index is 921. The average molecular weight is 660 g/mol. The van der Waals surface area contributed by atoms with Gasteiger partial charge < -0.3 is 25.2 Å². The van der Waals surface area contributed by atoms with E-state index in [0.717, 1.165) is 25.7 Å². The van der Waals surface area contributed by atoms with Crippen LogP contribution >= 0.6 is 7.82 Å². The van der Waals surface area contributed by atoms with Gasteiger partial charge in [-0.1, -0.05) is 102 Å². The van der Waals surface area contributed by atoms with Crippen molar-refractivity contribution in [1.82, 2.24) is 0 Å². The summed E-state index contributed by atoms with van der Waals surface area (Å²) in [5.74, 6) is -2.54. The van der Waals surface area contributed by atoms with Gasteiger partial charge in [-0.15, -0.1) is 0 Å². The van der Waals surface area contributed by atoms with E-state index < -0.39 is 51.1 Å². The lowest BCUT2D eigenvalue weighted by Crippen LogP contribution is -2.34. The number of aliphatic carboxylic acids is 1. The van der Waals surface area contributed by atoms with Gasteiger partial charge in [0.15, 0.2) is 6.10 Å². The molecule has 0 heterocycles. The zero-order valence-corrected chi connectivity index (χ0v) is 28.3. The molecule has 0 aliphatic heterocycles. The van der Waals surface area contributed by atoms with E-state index in [-0.39, 0.29) is 19.4 Å². The molecular formula is C33H58NO10P. The molecule has 11 nitrogen and oxygen atoms in total. The molecule has 45 heavy (non-hydrogen) atoms. The van der Waals surface area contributed by atoms with E-state index in [1.165, 1.54) is 57.8 Å². The van der Waals surface area contributed by atoms with Gasteiger partial charge >= 0.3 is 25.7 Å². The van der Waals surface area contributed by atoms with Crippen LogP contribution in [0.3, 0.4) is 0 Å². The first-order chi connectivity index (χ1) is 21.6. The SMILES string of the molecule is CCCCCC/C=C/CCC(=O)OCC(COP(=O)(O)OC[C@H](N)C(=O)O)OC(=O)CC/C=C/C/C=C/CCCCCCCC. The maximum atomic E-state index is 12.4. The van der Waals surface area contributed by atoms with Gasteiger partial charge in [0.1, 0.15) is 12.6 Å². The molecule has 2 unspecified atom stereocenters. The molecule has 4 N–H and O–H groups in total. The van der Waals surface area contributed by atoms with Crippen LogP contribution in [0.1, 0.15) is 123 Å². The molecule has 0 saturated carbocycles. The van der Waals surface area contributed by atoms with Crippen molar-refractivity contribution in [1.29, 1.82) is 0 Å². The van der Waals surface area contributed by atoms with Gasteiger partial charge in [-0.2, -0.15) is 0 Å². The van der Waals surface area contributed by atoms with Crippen LogP contribution in [0.2, 0.25) is 0 Å². The monoisotopic (exact) mass is 659 g/mol. The van der Waals surface area contributed by atoms with Crippen molar-refractivity contribution in [2.24, 2.45) is 5.73 Å². The number of unbranched alkanes of at least 4 members (excludes halogenated alkanes) is 10. The summed E-state index contributed by atoms with van der Waals surface area (Å²) in [5.41, 5.74) is 5.28. The maximum absolute atomic E-state index is 12.4. The number of rotatable bonds is 30. The first-order valence-corrected chi connectivity index (χ1v) is 18.0. The van der Waals surface area contributed by atoms with Crippen molar-refractivity contribution in [3.8, 4) is 0 Å². The van der Waals surface area contributed by atoms with Crippen molar-refractivity contribution in [2.75, 3.05) is 19.8 Å². The summed E-state index contributed by atoms with van der Waals surface area (Å²) in [5, 5.41) is 8.81. The van der Waals surface area contributed by atoms with Crippen LogP contribution in [0.25, 0.3) is 0 Å². The summed E-state index contributed by atoms with van der Waals surface area (Å²) in [7, 11) is -4.72. The number of carboxylic acids is 1. The molecule has 0 spiro atoms. The third-order valence-corrected chi connectivity index (χ3v) is 7.59. The number of carbonyl (C=O) groups is 3. The second kappa shape index (κ2) is 29.1. The van der Waals surface area contributed by atoms with E-state index in [2.05, 4.69) is 30.5 Å². The zero-order valence-electron chi connectivity index (χ0n) is 27.4. The molecule has 0 radical (unpaired) electrons. The number of hydrogen-bond acceptors (Lipinski definition) is 9. The molecule has 0 saturated heterocycles. The number of allylic oxidation sites excluding steroid dienone is 6. The average Bonchev–Trinajstić information content (AvgIpc) is 3.00. The highest BCUT2D eigenvalue weighted by atomic mass is 31.2. The predicted octanol–water partition coefficient (Wildman–Crippen LogP) is 7.33. The number of hydrogen-bond donors (Lipinski definition) is 3. The standard InChI is InChI=1S/C33H58NO10P/c1-3-5-7-9-11-13-14-15-16-17-19-21-23-25-32(36)44-29(27-42-45(39,40)43-28-30(34)33(37)38)26-41-31(35)24-22-20-18-12-10-8-6-4-2/h15-16,18-21,29-30H,3-14,17,22-28,34H2,1-2H3,(H,37,38)(H,39,40)/b16-15+,20-18+,21-19+/t29?,30-/m0/s1. The number of phosphoric ester groups is 1. The Morgan fingerprint density at radius 2 is 1.18 bits per heavy atom. The fourth-order valence-corrected chi connectivity index (χ4v) is 4.73. The minimum atomic E-state index is -4.72. The highest BCUT2D eigenvalue weighted by Crippen LogP contribution is 2.43. The van der Waals surface area contributed by atoms with Crippen LogP contribution < -0.4 is 5.73 Å². The van der Waals surface area contributed by atoms with Gasteiger partial charge in [-0.3, -0.25) is 23.4 Å². The van der Waals surface area contributed by atoms with Gasteiger partial charge in [0.25, 0.3) is 0 Å². The highest BCUT2D eigenvalue weighted by Gasteiger charge is 2.28. The fourth-order valence-electron chi connectivity index (χ4n) is 3.96. The number of esters is 2. The Hall–Kier alpha value is -2.30. The third kappa shape index (κ3) is 28.9. The highest BCUT2D eigenvalue weighted by molar-refractivity contribution is 7.47. The summed E-state index contributed by atoms with van der Waals surface area (Å²) in [6.45, 7) is 2.59. The minimum absolute atomic E-state index is 0.0478. The molecule has 0 fully saturated rings. The molecule has 260 valence electrons. The molecule has 12 heteroatoms. The molecule has 3 atom stereocenters. The van der Waals surface area contributed by atoms with E-state index >= 15 is 0 Å². The van der Waals surface area contributed by atoms with E-state index in [0.29, 0.717) is 12.8 Å². The third-order valence-electron chi connectivity index (χ3n) is 6.64. The molecule has 0 aromatic heterocycles. The molecule has 0 aliphatic rings. The summed E-state index contributed by atoms with van der Waals surface area (Å²) >= 11 is 0. The van der Waals surface area contributed by atoms with Crippen LogP contribution in [0.15, 0.2) is 36.5 Å². The number of phosphoric acid groups is 1. The number of nitrogens with two attached hydrogens (primary N) is 1. The van der Waals surface area contributed by atoms with Crippen molar-refractivity contribution in [2.45, 2.75) is 135 Å². The van der Waals surface area contributed by atoms with Crippen LogP contribution in [0.5, 0.6) is 0 Å². The lowest BCUT2D eigenvalue weighted by molar-refractivity contribution is -0.161. The summed E-state index contributed by atoms with van der Waals surface area (Å²) in [6.07, 6.45) is 27.1. The molecule has 0 aromatic carbocycles. The molecular weight excluding hydrogens is 601 g/mol. The van der Waals surface area contributed by atoms with E-state index in [4.69, 9.17) is 24.8 Å². The van der Waals surface area contributed by atoms with E-state index in [1.54, 1.807) is 0 Å². The summed E-state index contributed by atoms with van der Waals surface area (Å²) in [6, 6.07) is -1.53. The molecule has 0 aromatic rings. The topological polar surface area (TPSA) is 172 Å². The van der Waals surface area contributed by atoms with Crippen LogP contribution in [-0.2, 0) is 37.5 Å². The predicted molar refractivity (Wildman–Crippen MR) is 175 cm³/mol. The minimum Gasteiger partial charge on any atom is -0.480 e. The van der Waals surface area contributed by atoms with Crippen LogP contribution in [-0.4, -0.2) is 59.9 Å². The van der Waals surface area contributed by atoms with Gasteiger partial charge in [0, 0.05) is 12.8 Å². The number of ether oxygens (including phenoxy) is 2. The van der Waals surface area contributed by atoms with E-state index in [9.17, 15) is 23.8 Å². The van der Waals surface area contributed by atoms with E-state index in [1.807, 2.05) is 24.3 Å². The van der Waals surface area contributed by atoms with Gasteiger partial charge in [0.05, 0.1) is 13.2 Å². The number of carbonyl (C=O) groups excluding carboxylic acids is 2. The molecule has 0 amide bonds. The number of carboxylic acid groups (broad SMARTS) is 1. The largest absolute Gasteiger partial charge is 0.480 e. The Balaban J connectivity index is 4.66. The van der Waals surface area contributed by atoms with Gasteiger partial charge in [-0.25, -0.2) is 4.57 Å². The van der Waals surface area contributed by atoms with Gasteiger partial charge in [0.2, 0.25) is 0 Å². The lowest BCUT2D eigenvalue weighted by atomic mass is 10.1. The Morgan fingerprint density at radius 1 is 0.689 bits per heavy atom. The van der Waals surface area contributed by atoms with Crippen molar-refractivity contribution in [3.63, 3.8) is 0 Å². The zero-order chi connectivity index (χ0) is 33.6. The fraction of sp³-hybridized carbons (Fsp3) is 0.727.